The third-order valence-corrected chi connectivity index (χ3v) is 5.32. The zero-order chi connectivity index (χ0) is 25.8. The number of hydrogen-bond acceptors (Lipinski definition) is 8. The van der Waals surface area contributed by atoms with Crippen molar-refractivity contribution in [2.24, 2.45) is 0 Å². The first-order chi connectivity index (χ1) is 17.3. The molecule has 2 aromatic carbocycles. The van der Waals surface area contributed by atoms with Crippen LogP contribution in [-0.2, 0) is 20.9 Å². The van der Waals surface area contributed by atoms with E-state index in [1.54, 1.807) is 36.4 Å². The van der Waals surface area contributed by atoms with Gasteiger partial charge in [-0.25, -0.2) is 14.5 Å². The Labute approximate surface area is 210 Å². The minimum atomic E-state index is -0.876. The molecule has 184 valence electrons. The minimum absolute atomic E-state index is 0.00535. The van der Waals surface area contributed by atoms with Crippen molar-refractivity contribution in [3.63, 3.8) is 0 Å². The highest BCUT2D eigenvalue weighted by atomic mass is 35.5. The molecule has 0 aliphatic carbocycles. The van der Waals surface area contributed by atoms with Crippen molar-refractivity contribution in [2.75, 3.05) is 19.1 Å². The normalized spacial score (nSPS) is 14.6. The molecular weight excluding hydrogens is 492 g/mol. The van der Waals surface area contributed by atoms with Crippen LogP contribution in [0.3, 0.4) is 0 Å². The lowest BCUT2D eigenvalue weighted by molar-refractivity contribution is -0.122. The van der Waals surface area contributed by atoms with Crippen LogP contribution in [0.2, 0.25) is 5.02 Å². The van der Waals surface area contributed by atoms with Gasteiger partial charge in [0.25, 0.3) is 11.8 Å². The van der Waals surface area contributed by atoms with Gasteiger partial charge in [0.1, 0.15) is 17.9 Å². The highest BCUT2D eigenvalue weighted by molar-refractivity contribution is 6.39. The van der Waals surface area contributed by atoms with Gasteiger partial charge in [-0.15, -0.1) is 0 Å². The lowest BCUT2D eigenvalue weighted by Crippen LogP contribution is -2.54. The number of amides is 4. The fourth-order valence-corrected chi connectivity index (χ4v) is 3.57. The van der Waals surface area contributed by atoms with E-state index in [1.165, 1.54) is 38.5 Å². The van der Waals surface area contributed by atoms with Crippen molar-refractivity contribution in [1.82, 2.24) is 5.32 Å². The molecule has 4 rings (SSSR count). The number of furan rings is 1. The van der Waals surface area contributed by atoms with Crippen LogP contribution in [0.4, 0.5) is 10.5 Å². The van der Waals surface area contributed by atoms with Crippen LogP contribution in [0, 0.1) is 0 Å². The fraction of sp³-hybridized carbons (Fsp3) is 0.120. The summed E-state index contributed by atoms with van der Waals surface area (Å²) in [6.07, 6.45) is 1.34. The van der Waals surface area contributed by atoms with Crippen LogP contribution >= 0.6 is 11.6 Å². The molecule has 0 atom stereocenters. The van der Waals surface area contributed by atoms with Crippen LogP contribution in [0.5, 0.6) is 11.5 Å². The van der Waals surface area contributed by atoms with E-state index in [0.29, 0.717) is 27.8 Å². The number of halogens is 1. The summed E-state index contributed by atoms with van der Waals surface area (Å²) in [6.45, 7) is 0.00535. The average molecular weight is 511 g/mol. The van der Waals surface area contributed by atoms with Gasteiger partial charge in [-0.3, -0.25) is 14.9 Å². The molecule has 0 unspecified atom stereocenters. The molecule has 1 N–H and O–H groups in total. The van der Waals surface area contributed by atoms with E-state index in [1.807, 2.05) is 0 Å². The van der Waals surface area contributed by atoms with Gasteiger partial charge in [-0.2, -0.15) is 0 Å². The molecule has 1 saturated heterocycles. The largest absolute Gasteiger partial charge is 0.493 e. The van der Waals surface area contributed by atoms with Crippen LogP contribution in [-0.4, -0.2) is 38.0 Å². The maximum absolute atomic E-state index is 13.0. The molecule has 3 aromatic rings. The number of ether oxygens (including phenoxy) is 3. The Morgan fingerprint density at radius 3 is 2.58 bits per heavy atom. The molecule has 0 radical (unpaired) electrons. The predicted octanol–water partition coefficient (Wildman–Crippen LogP) is 3.97. The van der Waals surface area contributed by atoms with Crippen LogP contribution in [0.15, 0.2) is 64.6 Å². The maximum Gasteiger partial charge on any atom is 0.373 e. The van der Waals surface area contributed by atoms with Gasteiger partial charge < -0.3 is 18.6 Å². The van der Waals surface area contributed by atoms with Gasteiger partial charge in [0.05, 0.1) is 19.9 Å². The number of barbiturate groups is 1. The third kappa shape index (κ3) is 5.08. The lowest BCUT2D eigenvalue weighted by atomic mass is 10.1. The molecule has 10 nitrogen and oxygen atoms in total. The van der Waals surface area contributed by atoms with Crippen molar-refractivity contribution >= 4 is 47.2 Å². The number of carbonyl (C=O) groups is 4. The molecule has 1 aromatic heterocycles. The molecule has 4 amide bonds. The summed E-state index contributed by atoms with van der Waals surface area (Å²) in [7, 11) is 2.68. The van der Waals surface area contributed by atoms with E-state index in [-0.39, 0.29) is 23.6 Å². The number of benzene rings is 2. The number of esters is 1. The van der Waals surface area contributed by atoms with Crippen molar-refractivity contribution in [3.05, 3.63) is 82.3 Å². The predicted molar refractivity (Wildman–Crippen MR) is 128 cm³/mol. The summed E-state index contributed by atoms with van der Waals surface area (Å²) < 4.78 is 21.1. The first kappa shape index (κ1) is 24.6. The molecule has 1 aliphatic rings. The van der Waals surface area contributed by atoms with E-state index < -0.39 is 23.8 Å². The van der Waals surface area contributed by atoms with E-state index in [9.17, 15) is 19.2 Å². The Bertz CT molecular complexity index is 1390. The molecule has 11 heteroatoms. The van der Waals surface area contributed by atoms with Crippen molar-refractivity contribution in [1.29, 1.82) is 0 Å². The Balaban J connectivity index is 1.56. The number of methoxy groups -OCH3 is 2. The first-order valence-electron chi connectivity index (χ1n) is 10.5. The molecule has 36 heavy (non-hydrogen) atoms. The summed E-state index contributed by atoms with van der Waals surface area (Å²) in [5, 5.41) is 2.48. The number of imide groups is 2. The van der Waals surface area contributed by atoms with E-state index in [0.717, 1.165) is 4.90 Å². The van der Waals surface area contributed by atoms with Gasteiger partial charge >= 0.3 is 12.0 Å². The van der Waals surface area contributed by atoms with Gasteiger partial charge in [0, 0.05) is 5.02 Å². The number of rotatable bonds is 7. The Morgan fingerprint density at radius 2 is 1.86 bits per heavy atom. The number of urea groups is 1. The molecule has 1 aliphatic heterocycles. The number of nitrogens with one attached hydrogen (secondary N) is 1. The van der Waals surface area contributed by atoms with Gasteiger partial charge in [0.15, 0.2) is 11.5 Å². The number of hydrogen-bond donors (Lipinski definition) is 1. The maximum atomic E-state index is 13.0. The molecular formula is C25H19ClN2O8. The first-order valence-corrected chi connectivity index (χ1v) is 10.8. The quantitative estimate of drug-likeness (QED) is 0.287. The van der Waals surface area contributed by atoms with Gasteiger partial charge in [0.2, 0.25) is 5.76 Å². The SMILES string of the molecule is COC(=O)c1ccc(COc2ccc(/C=C3/C(=O)NC(=O)N(c4cccc(Cl)c4)C3=O)cc2OC)o1. The van der Waals surface area contributed by atoms with Gasteiger partial charge in [-0.1, -0.05) is 23.7 Å². The molecule has 0 spiro atoms. The van der Waals surface area contributed by atoms with Crippen LogP contribution < -0.4 is 19.7 Å². The van der Waals surface area contributed by atoms with E-state index in [4.69, 9.17) is 25.5 Å². The Hall–Kier alpha value is -4.57. The zero-order valence-electron chi connectivity index (χ0n) is 19.1. The average Bonchev–Trinajstić information content (AvgIpc) is 3.34. The summed E-state index contributed by atoms with van der Waals surface area (Å²) in [5.41, 5.74) is 0.415. The summed E-state index contributed by atoms with van der Waals surface area (Å²) >= 11 is 5.99. The van der Waals surface area contributed by atoms with E-state index >= 15 is 0 Å². The van der Waals surface area contributed by atoms with Crippen LogP contribution in [0.1, 0.15) is 21.9 Å². The molecule has 0 saturated carbocycles. The van der Waals surface area contributed by atoms with E-state index in [2.05, 4.69) is 10.1 Å². The Kier molecular flexibility index (Phi) is 7.07. The second-order valence-corrected chi connectivity index (χ2v) is 7.83. The second kappa shape index (κ2) is 10.4. The number of anilines is 1. The monoisotopic (exact) mass is 510 g/mol. The van der Waals surface area contributed by atoms with Gasteiger partial charge in [-0.05, 0) is 54.1 Å². The molecule has 0 bridgehead atoms. The fourth-order valence-electron chi connectivity index (χ4n) is 3.38. The highest BCUT2D eigenvalue weighted by Gasteiger charge is 2.36. The molecule has 2 heterocycles. The molecule has 1 fully saturated rings. The third-order valence-electron chi connectivity index (χ3n) is 5.08. The minimum Gasteiger partial charge on any atom is -0.493 e. The Morgan fingerprint density at radius 1 is 1.06 bits per heavy atom. The standard InChI is InChI=1S/C25H19ClN2O8/c1-33-21-11-14(6-8-19(21)35-13-17-7-9-20(36-17)24(31)34-2)10-18-22(29)27-25(32)28(23(18)30)16-5-3-4-15(26)12-16/h3-12H,13H2,1-2H3,(H,27,29,32)/b18-10-. The second-order valence-electron chi connectivity index (χ2n) is 7.39. The van der Waals surface area contributed by atoms with Crippen molar-refractivity contribution in [2.45, 2.75) is 6.61 Å². The smallest absolute Gasteiger partial charge is 0.373 e. The lowest BCUT2D eigenvalue weighted by Gasteiger charge is -2.26. The zero-order valence-corrected chi connectivity index (χ0v) is 19.8. The number of nitrogens with zero attached hydrogens (tertiary/aromatic N) is 1. The van der Waals surface area contributed by atoms with Crippen LogP contribution in [0.25, 0.3) is 6.08 Å². The highest BCUT2D eigenvalue weighted by Crippen LogP contribution is 2.31. The summed E-state index contributed by atoms with van der Waals surface area (Å²) in [6, 6.07) is 13.1. The van der Waals surface area contributed by atoms with Crippen molar-refractivity contribution < 1.29 is 37.8 Å². The topological polar surface area (TPSA) is 124 Å². The summed E-state index contributed by atoms with van der Waals surface area (Å²) in [5.74, 6) is -1.13. The van der Waals surface area contributed by atoms with Crippen molar-refractivity contribution in [3.8, 4) is 11.5 Å². The number of carbonyl (C=O) groups excluding carboxylic acids is 4. The summed E-state index contributed by atoms with van der Waals surface area (Å²) in [4.78, 5) is 50.2.